The fourth-order valence-corrected chi connectivity index (χ4v) is 3.51. The van der Waals surface area contributed by atoms with E-state index < -0.39 is 10.0 Å². The summed E-state index contributed by atoms with van der Waals surface area (Å²) >= 11 is 3.19. The lowest BCUT2D eigenvalue weighted by atomic mass is 10.3. The van der Waals surface area contributed by atoms with Gasteiger partial charge in [-0.3, -0.25) is 0 Å². The zero-order valence-corrected chi connectivity index (χ0v) is 13.0. The molecule has 0 amide bonds. The largest absolute Gasteiger partial charge is 0.493 e. The number of rotatable bonds is 7. The molecule has 19 heavy (non-hydrogen) atoms. The fraction of sp³-hybridized carbons (Fsp3) is 0.455. The van der Waals surface area contributed by atoms with Gasteiger partial charge in [0.05, 0.1) is 14.2 Å². The van der Waals surface area contributed by atoms with Crippen LogP contribution in [0.3, 0.4) is 0 Å². The second-order valence-corrected chi connectivity index (χ2v) is 6.20. The van der Waals surface area contributed by atoms with Crippen molar-refractivity contribution in [3.8, 4) is 11.5 Å². The van der Waals surface area contributed by atoms with E-state index in [-0.39, 0.29) is 18.0 Å². The van der Waals surface area contributed by atoms with Crippen LogP contribution in [-0.2, 0) is 10.0 Å². The molecule has 1 aromatic carbocycles. The number of hydrogen-bond donors (Lipinski definition) is 2. The Morgan fingerprint density at radius 1 is 1.26 bits per heavy atom. The molecule has 6 nitrogen and oxygen atoms in total. The van der Waals surface area contributed by atoms with Crippen LogP contribution in [0.5, 0.6) is 11.5 Å². The van der Waals surface area contributed by atoms with Gasteiger partial charge in [0, 0.05) is 23.7 Å². The van der Waals surface area contributed by atoms with Gasteiger partial charge < -0.3 is 14.6 Å². The molecule has 8 heteroatoms. The Morgan fingerprint density at radius 2 is 1.84 bits per heavy atom. The Hall–Kier alpha value is -0.830. The number of ether oxygens (including phenoxy) is 2. The molecule has 2 N–H and O–H groups in total. The summed E-state index contributed by atoms with van der Waals surface area (Å²) in [5.74, 6) is 0.761. The highest BCUT2D eigenvalue weighted by Crippen LogP contribution is 2.35. The van der Waals surface area contributed by atoms with Gasteiger partial charge in [0.2, 0.25) is 10.0 Å². The van der Waals surface area contributed by atoms with Crippen LogP contribution in [0.2, 0.25) is 0 Å². The fourth-order valence-electron chi connectivity index (χ4n) is 1.40. The van der Waals surface area contributed by atoms with E-state index in [1.807, 2.05) is 0 Å². The minimum Gasteiger partial charge on any atom is -0.493 e. The van der Waals surface area contributed by atoms with Gasteiger partial charge >= 0.3 is 0 Å². The molecule has 0 radical (unpaired) electrons. The Labute approximate surface area is 120 Å². The van der Waals surface area contributed by atoms with E-state index in [9.17, 15) is 8.42 Å². The maximum Gasteiger partial charge on any atom is 0.241 e. The van der Waals surface area contributed by atoms with Crippen LogP contribution in [0.25, 0.3) is 0 Å². The van der Waals surface area contributed by atoms with Crippen LogP contribution in [0.4, 0.5) is 0 Å². The predicted molar refractivity (Wildman–Crippen MR) is 74.1 cm³/mol. The molecule has 1 rings (SSSR count). The van der Waals surface area contributed by atoms with Crippen molar-refractivity contribution in [2.45, 2.75) is 11.3 Å². The van der Waals surface area contributed by atoms with Gasteiger partial charge in [0.15, 0.2) is 11.5 Å². The third-order valence-corrected chi connectivity index (χ3v) is 4.77. The third kappa shape index (κ3) is 4.07. The van der Waals surface area contributed by atoms with Gasteiger partial charge in [-0.1, -0.05) is 0 Å². The number of aliphatic hydroxyl groups excluding tert-OH is 1. The number of hydrogen-bond acceptors (Lipinski definition) is 5. The second kappa shape index (κ2) is 7.09. The quantitative estimate of drug-likeness (QED) is 0.717. The Kier molecular flexibility index (Phi) is 6.05. The topological polar surface area (TPSA) is 84.9 Å². The summed E-state index contributed by atoms with van der Waals surface area (Å²) in [5, 5.41) is 8.66. The predicted octanol–water partition coefficient (Wildman–Crippen LogP) is 1.13. The van der Waals surface area contributed by atoms with Crippen LogP contribution >= 0.6 is 15.9 Å². The normalized spacial score (nSPS) is 11.4. The molecule has 0 bridgehead atoms. The molecule has 0 aromatic heterocycles. The highest BCUT2D eigenvalue weighted by molar-refractivity contribution is 9.10. The third-order valence-electron chi connectivity index (χ3n) is 2.35. The van der Waals surface area contributed by atoms with E-state index in [0.717, 1.165) is 0 Å². The van der Waals surface area contributed by atoms with Gasteiger partial charge in [-0.15, -0.1) is 0 Å². The minimum atomic E-state index is -3.66. The Balaban J connectivity index is 3.12. The average molecular weight is 354 g/mol. The number of aliphatic hydroxyl groups is 1. The summed E-state index contributed by atoms with van der Waals surface area (Å²) in [4.78, 5) is 0.0584. The van der Waals surface area contributed by atoms with Crippen molar-refractivity contribution >= 4 is 26.0 Å². The number of sulfonamides is 1. The molecule has 0 saturated carbocycles. The molecular weight excluding hydrogens is 338 g/mol. The summed E-state index contributed by atoms with van der Waals surface area (Å²) < 4.78 is 37.1. The monoisotopic (exact) mass is 353 g/mol. The van der Waals surface area contributed by atoms with Gasteiger partial charge in [-0.05, 0) is 28.4 Å². The first kappa shape index (κ1) is 16.2. The lowest BCUT2D eigenvalue weighted by molar-refractivity contribution is 0.289. The summed E-state index contributed by atoms with van der Waals surface area (Å²) in [7, 11) is -0.762. The van der Waals surface area contributed by atoms with E-state index in [2.05, 4.69) is 20.7 Å². The molecule has 108 valence electrons. The summed E-state index contributed by atoms with van der Waals surface area (Å²) in [6.07, 6.45) is 0.351. The van der Waals surface area contributed by atoms with E-state index in [1.165, 1.54) is 26.4 Å². The summed E-state index contributed by atoms with van der Waals surface area (Å²) in [6.45, 7) is 0.0925. The zero-order valence-electron chi connectivity index (χ0n) is 10.6. The molecule has 0 atom stereocenters. The van der Waals surface area contributed by atoms with Crippen molar-refractivity contribution in [1.29, 1.82) is 0 Å². The number of benzene rings is 1. The van der Waals surface area contributed by atoms with E-state index in [0.29, 0.717) is 22.4 Å². The van der Waals surface area contributed by atoms with Crippen molar-refractivity contribution in [2.24, 2.45) is 0 Å². The number of halogens is 1. The van der Waals surface area contributed by atoms with Crippen LogP contribution < -0.4 is 14.2 Å². The lowest BCUT2D eigenvalue weighted by Gasteiger charge is -2.12. The van der Waals surface area contributed by atoms with Crippen molar-refractivity contribution in [3.63, 3.8) is 0 Å². The van der Waals surface area contributed by atoms with Gasteiger partial charge in [0.25, 0.3) is 0 Å². The van der Waals surface area contributed by atoms with Crippen LogP contribution in [0.1, 0.15) is 6.42 Å². The standard InChI is InChI=1S/C11H16BrNO5S/c1-17-9-6-8(12)11(7-10(9)18-2)19(15,16)13-4-3-5-14/h6-7,13-14H,3-5H2,1-2H3. The zero-order chi connectivity index (χ0) is 14.5. The molecule has 0 aliphatic heterocycles. The maximum absolute atomic E-state index is 12.1. The average Bonchev–Trinajstić information content (AvgIpc) is 2.38. The SMILES string of the molecule is COc1cc(Br)c(S(=O)(=O)NCCCO)cc1OC. The highest BCUT2D eigenvalue weighted by Gasteiger charge is 2.20. The molecule has 1 aromatic rings. The van der Waals surface area contributed by atoms with Crippen molar-refractivity contribution in [3.05, 3.63) is 16.6 Å². The smallest absolute Gasteiger partial charge is 0.241 e. The van der Waals surface area contributed by atoms with Crippen LogP contribution in [0.15, 0.2) is 21.5 Å². The molecule has 0 spiro atoms. The first-order valence-corrected chi connectivity index (χ1v) is 7.76. The van der Waals surface area contributed by atoms with E-state index >= 15 is 0 Å². The maximum atomic E-state index is 12.1. The van der Waals surface area contributed by atoms with Gasteiger partial charge in [0.1, 0.15) is 4.90 Å². The molecule has 0 saturated heterocycles. The molecule has 0 unspecified atom stereocenters. The van der Waals surface area contributed by atoms with E-state index in [1.54, 1.807) is 0 Å². The Bertz CT molecular complexity index is 532. The minimum absolute atomic E-state index is 0.0584. The molecule has 0 aliphatic carbocycles. The lowest BCUT2D eigenvalue weighted by Crippen LogP contribution is -2.25. The van der Waals surface area contributed by atoms with Crippen molar-refractivity contribution in [1.82, 2.24) is 4.72 Å². The van der Waals surface area contributed by atoms with Crippen molar-refractivity contribution in [2.75, 3.05) is 27.4 Å². The first-order chi connectivity index (χ1) is 8.96. The van der Waals surface area contributed by atoms with Crippen LogP contribution in [-0.4, -0.2) is 40.9 Å². The summed E-state index contributed by atoms with van der Waals surface area (Å²) in [5.41, 5.74) is 0. The number of nitrogens with one attached hydrogen (secondary N) is 1. The van der Waals surface area contributed by atoms with Gasteiger partial charge in [-0.2, -0.15) is 0 Å². The molecular formula is C11H16BrNO5S. The summed E-state index contributed by atoms with van der Waals surface area (Å²) in [6, 6.07) is 2.91. The first-order valence-electron chi connectivity index (χ1n) is 5.48. The van der Waals surface area contributed by atoms with Crippen LogP contribution in [0, 0.1) is 0 Å². The van der Waals surface area contributed by atoms with Crippen molar-refractivity contribution < 1.29 is 23.0 Å². The molecule has 0 aliphatic rings. The molecule has 0 heterocycles. The number of methoxy groups -OCH3 is 2. The van der Waals surface area contributed by atoms with E-state index in [4.69, 9.17) is 14.6 Å². The highest BCUT2D eigenvalue weighted by atomic mass is 79.9. The molecule has 0 fully saturated rings. The second-order valence-electron chi connectivity index (χ2n) is 3.61. The van der Waals surface area contributed by atoms with Gasteiger partial charge in [-0.25, -0.2) is 13.1 Å². The Morgan fingerprint density at radius 3 is 2.37 bits per heavy atom.